The normalized spacial score (nSPS) is 11.0. The van der Waals surface area contributed by atoms with E-state index in [0.717, 1.165) is 22.4 Å². The Morgan fingerprint density at radius 3 is 2.62 bits per heavy atom. The van der Waals surface area contributed by atoms with Crippen molar-refractivity contribution >= 4 is 27.3 Å². The molecule has 112 valence electrons. The molecule has 0 saturated carbocycles. The van der Waals surface area contributed by atoms with Crippen LogP contribution in [-0.2, 0) is 6.54 Å². The minimum absolute atomic E-state index is 0.226. The second-order valence-corrected chi connectivity index (χ2v) is 6.26. The van der Waals surface area contributed by atoms with E-state index in [9.17, 15) is 4.39 Å². The molecule has 0 heterocycles. The molecule has 0 radical (unpaired) electrons. The summed E-state index contributed by atoms with van der Waals surface area (Å²) < 4.78 is 14.4. The molecule has 0 aliphatic carbocycles. The van der Waals surface area contributed by atoms with E-state index in [-0.39, 0.29) is 5.82 Å². The van der Waals surface area contributed by atoms with Crippen molar-refractivity contribution in [2.45, 2.75) is 26.4 Å². The van der Waals surface area contributed by atoms with Crippen molar-refractivity contribution in [2.24, 2.45) is 0 Å². The lowest BCUT2D eigenvalue weighted by atomic mass is 10.1. The molecule has 0 aliphatic rings. The van der Waals surface area contributed by atoms with Gasteiger partial charge >= 0.3 is 0 Å². The molecule has 0 aliphatic heterocycles. The zero-order chi connectivity index (χ0) is 15.4. The van der Waals surface area contributed by atoms with E-state index in [2.05, 4.69) is 47.2 Å². The molecule has 0 fully saturated rings. The van der Waals surface area contributed by atoms with Gasteiger partial charge in [-0.1, -0.05) is 41.9 Å². The summed E-state index contributed by atoms with van der Waals surface area (Å²) in [5.74, 6) is -0.226. The molecule has 2 nitrogen and oxygen atoms in total. The first-order valence-corrected chi connectivity index (χ1v) is 7.78. The maximum Gasteiger partial charge on any atom is 0.125 e. The van der Waals surface area contributed by atoms with Crippen molar-refractivity contribution in [3.8, 4) is 0 Å². The van der Waals surface area contributed by atoms with E-state index in [0.29, 0.717) is 6.04 Å². The number of hydrogen-bond acceptors (Lipinski definition) is 2. The Labute approximate surface area is 134 Å². The van der Waals surface area contributed by atoms with Crippen LogP contribution in [-0.4, -0.2) is 13.1 Å². The molecule has 2 rings (SSSR count). The van der Waals surface area contributed by atoms with Crippen LogP contribution in [0.4, 0.5) is 15.8 Å². The van der Waals surface area contributed by atoms with Crippen LogP contribution >= 0.6 is 15.9 Å². The highest BCUT2D eigenvalue weighted by molar-refractivity contribution is 9.10. The third-order valence-corrected chi connectivity index (χ3v) is 3.80. The minimum atomic E-state index is -0.226. The number of nitrogens with one attached hydrogen (secondary N) is 1. The summed E-state index contributed by atoms with van der Waals surface area (Å²) in [4.78, 5) is 2.01. The quantitative estimate of drug-likeness (QED) is 0.828. The lowest BCUT2D eigenvalue weighted by Crippen LogP contribution is -2.23. The number of hydrogen-bond donors (Lipinski definition) is 1. The van der Waals surface area contributed by atoms with Crippen LogP contribution in [0.1, 0.15) is 19.4 Å². The van der Waals surface area contributed by atoms with Gasteiger partial charge in [-0.2, -0.15) is 0 Å². The summed E-state index contributed by atoms with van der Waals surface area (Å²) >= 11 is 3.51. The number of nitrogens with zero attached hydrogens (tertiary/aromatic N) is 1. The van der Waals surface area contributed by atoms with Crippen molar-refractivity contribution in [2.75, 3.05) is 11.9 Å². The summed E-state index contributed by atoms with van der Waals surface area (Å²) in [6.45, 7) is 5.02. The topological polar surface area (TPSA) is 15.3 Å². The van der Waals surface area contributed by atoms with Gasteiger partial charge in [0.15, 0.2) is 0 Å². The zero-order valence-corrected chi connectivity index (χ0v) is 14.1. The third-order valence-electron chi connectivity index (χ3n) is 3.30. The summed E-state index contributed by atoms with van der Waals surface area (Å²) in [5, 5.41) is 3.42. The highest BCUT2D eigenvalue weighted by Crippen LogP contribution is 2.30. The van der Waals surface area contributed by atoms with Crippen molar-refractivity contribution in [1.82, 2.24) is 5.32 Å². The molecule has 2 aromatic rings. The number of anilines is 2. The van der Waals surface area contributed by atoms with Gasteiger partial charge in [-0.3, -0.25) is 0 Å². The minimum Gasteiger partial charge on any atom is -0.344 e. The first-order chi connectivity index (χ1) is 9.97. The van der Waals surface area contributed by atoms with Gasteiger partial charge < -0.3 is 10.2 Å². The largest absolute Gasteiger partial charge is 0.344 e. The van der Waals surface area contributed by atoms with E-state index >= 15 is 0 Å². The van der Waals surface area contributed by atoms with E-state index < -0.39 is 0 Å². The average Bonchev–Trinajstić information content (AvgIpc) is 2.45. The number of rotatable bonds is 5. The smallest absolute Gasteiger partial charge is 0.125 e. The highest BCUT2D eigenvalue weighted by atomic mass is 79.9. The third kappa shape index (κ3) is 4.29. The van der Waals surface area contributed by atoms with Gasteiger partial charge in [0, 0.05) is 35.5 Å². The molecule has 2 aromatic carbocycles. The predicted molar refractivity (Wildman–Crippen MR) is 90.6 cm³/mol. The Hall–Kier alpha value is -1.39. The fourth-order valence-corrected chi connectivity index (χ4v) is 2.49. The van der Waals surface area contributed by atoms with Crippen LogP contribution in [0.5, 0.6) is 0 Å². The predicted octanol–water partition coefficient (Wildman–Crippen LogP) is 4.85. The Kier molecular flexibility index (Phi) is 5.37. The fraction of sp³-hybridized carbons (Fsp3) is 0.294. The summed E-state index contributed by atoms with van der Waals surface area (Å²) in [6, 6.07) is 13.2. The molecule has 0 aromatic heterocycles. The van der Waals surface area contributed by atoms with Crippen molar-refractivity contribution in [3.05, 3.63) is 58.3 Å². The van der Waals surface area contributed by atoms with Gasteiger partial charge in [0.05, 0.1) is 0 Å². The lowest BCUT2D eigenvalue weighted by Gasteiger charge is -2.24. The van der Waals surface area contributed by atoms with E-state index in [1.54, 1.807) is 12.1 Å². The molecule has 21 heavy (non-hydrogen) atoms. The molecule has 0 spiro atoms. The maximum atomic E-state index is 13.4. The standard InChI is InChI=1S/C17H20BrFN2/c1-12(2)20-11-13-7-8-14(18)9-17(13)21(3)16-6-4-5-15(19)10-16/h4-10,12,20H,11H2,1-3H3. The summed E-state index contributed by atoms with van der Waals surface area (Å²) in [5.41, 5.74) is 3.07. The number of halogens is 2. The molecule has 0 atom stereocenters. The molecular formula is C17H20BrFN2. The fourth-order valence-electron chi connectivity index (χ4n) is 2.14. The van der Waals surface area contributed by atoms with Gasteiger partial charge in [0.1, 0.15) is 5.82 Å². The van der Waals surface area contributed by atoms with Crippen LogP contribution < -0.4 is 10.2 Å². The van der Waals surface area contributed by atoms with Crippen LogP contribution in [0.3, 0.4) is 0 Å². The SMILES string of the molecule is CC(C)NCc1ccc(Br)cc1N(C)c1cccc(F)c1. The first-order valence-electron chi connectivity index (χ1n) is 6.98. The van der Waals surface area contributed by atoms with E-state index in [4.69, 9.17) is 0 Å². The molecule has 0 saturated heterocycles. The van der Waals surface area contributed by atoms with Crippen LogP contribution in [0.15, 0.2) is 46.9 Å². The average molecular weight is 351 g/mol. The summed E-state index contributed by atoms with van der Waals surface area (Å²) in [6.07, 6.45) is 0. The Bertz CT molecular complexity index is 613. The Balaban J connectivity index is 2.34. The second kappa shape index (κ2) is 7.05. The first kappa shape index (κ1) is 16.0. The lowest BCUT2D eigenvalue weighted by molar-refractivity contribution is 0.589. The van der Waals surface area contributed by atoms with Gasteiger partial charge in [-0.05, 0) is 35.9 Å². The number of benzene rings is 2. The van der Waals surface area contributed by atoms with Gasteiger partial charge in [0.25, 0.3) is 0 Å². The van der Waals surface area contributed by atoms with Crippen molar-refractivity contribution in [1.29, 1.82) is 0 Å². The van der Waals surface area contributed by atoms with Gasteiger partial charge in [-0.25, -0.2) is 4.39 Å². The maximum absolute atomic E-state index is 13.4. The molecule has 4 heteroatoms. The monoisotopic (exact) mass is 350 g/mol. The molecule has 0 bridgehead atoms. The zero-order valence-electron chi connectivity index (χ0n) is 12.5. The molecule has 0 unspecified atom stereocenters. The highest BCUT2D eigenvalue weighted by Gasteiger charge is 2.11. The van der Waals surface area contributed by atoms with Crippen molar-refractivity contribution < 1.29 is 4.39 Å². The Morgan fingerprint density at radius 2 is 1.95 bits per heavy atom. The molecular weight excluding hydrogens is 331 g/mol. The summed E-state index contributed by atoms with van der Waals surface area (Å²) in [7, 11) is 1.95. The van der Waals surface area contributed by atoms with Crippen LogP contribution in [0.25, 0.3) is 0 Å². The van der Waals surface area contributed by atoms with Crippen LogP contribution in [0.2, 0.25) is 0 Å². The van der Waals surface area contributed by atoms with Gasteiger partial charge in [-0.15, -0.1) is 0 Å². The van der Waals surface area contributed by atoms with Gasteiger partial charge in [0.2, 0.25) is 0 Å². The van der Waals surface area contributed by atoms with Crippen molar-refractivity contribution in [3.63, 3.8) is 0 Å². The van der Waals surface area contributed by atoms with E-state index in [1.807, 2.05) is 24.1 Å². The molecule has 0 amide bonds. The Morgan fingerprint density at radius 1 is 1.19 bits per heavy atom. The van der Waals surface area contributed by atoms with Crippen LogP contribution in [0, 0.1) is 5.82 Å². The molecule has 1 N–H and O–H groups in total. The second-order valence-electron chi connectivity index (χ2n) is 5.35. The van der Waals surface area contributed by atoms with E-state index in [1.165, 1.54) is 11.6 Å².